The molecule has 4 heterocycles. The number of pyridine rings is 3. The monoisotopic (exact) mass is 359 g/mol. The van der Waals surface area contributed by atoms with Gasteiger partial charge in [-0.1, -0.05) is 24.6 Å². The van der Waals surface area contributed by atoms with Gasteiger partial charge in [-0.2, -0.15) is 0 Å². The number of piperidine rings is 1. The van der Waals surface area contributed by atoms with E-state index in [9.17, 15) is 0 Å². The van der Waals surface area contributed by atoms with Crippen molar-refractivity contribution in [1.29, 1.82) is 0 Å². The Labute approximate surface area is 160 Å². The highest BCUT2D eigenvalue weighted by Gasteiger charge is 2.24. The lowest BCUT2D eigenvalue weighted by Crippen LogP contribution is -2.33. The van der Waals surface area contributed by atoms with E-state index in [2.05, 4.69) is 43.4 Å². The Morgan fingerprint density at radius 2 is 1.96 bits per heavy atom. The number of hydrogen-bond acceptors (Lipinski definition) is 5. The van der Waals surface area contributed by atoms with Gasteiger partial charge in [0.05, 0.1) is 0 Å². The van der Waals surface area contributed by atoms with Crippen molar-refractivity contribution in [2.24, 2.45) is 0 Å². The molecule has 3 aromatic heterocycles. The molecule has 5 nitrogen and oxygen atoms in total. The van der Waals surface area contributed by atoms with Crippen LogP contribution in [0.4, 0.5) is 11.6 Å². The van der Waals surface area contributed by atoms with E-state index < -0.39 is 0 Å². The highest BCUT2D eigenvalue weighted by atomic mass is 15.2. The second-order valence-corrected chi connectivity index (χ2v) is 7.11. The summed E-state index contributed by atoms with van der Waals surface area (Å²) in [7, 11) is 0. The maximum Gasteiger partial charge on any atom is 0.134 e. The fourth-order valence-electron chi connectivity index (χ4n) is 3.70. The van der Waals surface area contributed by atoms with Crippen molar-refractivity contribution in [1.82, 2.24) is 19.9 Å². The Balaban J connectivity index is 1.48. The minimum absolute atomic E-state index is 0.414. The smallest absolute Gasteiger partial charge is 0.134 e. The fourth-order valence-corrected chi connectivity index (χ4v) is 3.70. The van der Waals surface area contributed by atoms with E-state index in [0.717, 1.165) is 30.3 Å². The molecule has 1 aliphatic rings. The summed E-state index contributed by atoms with van der Waals surface area (Å²) in [5, 5.41) is 3.31. The topological polar surface area (TPSA) is 53.9 Å². The largest absolute Gasteiger partial charge is 0.325 e. The summed E-state index contributed by atoms with van der Waals surface area (Å²) < 4.78 is 0. The lowest BCUT2D eigenvalue weighted by Gasteiger charge is -2.36. The quantitative estimate of drug-likeness (QED) is 0.718. The zero-order valence-electron chi connectivity index (χ0n) is 15.7. The standard InChI is InChI=1S/C22H25N5/c1-17-6-4-12-24-22(17)26-21-10-9-19(15-25-21)20-8-2-3-13-27(20)16-18-7-5-11-23-14-18/h4-7,9-12,14-15,20H,2-3,8,13,16H2,1H3,(H,24,25,26)/t20-/m1/s1. The Bertz CT molecular complexity index is 863. The van der Waals surface area contributed by atoms with Gasteiger partial charge >= 0.3 is 0 Å². The van der Waals surface area contributed by atoms with E-state index in [-0.39, 0.29) is 0 Å². The van der Waals surface area contributed by atoms with Crippen LogP contribution in [0.25, 0.3) is 0 Å². The van der Waals surface area contributed by atoms with Gasteiger partial charge in [0, 0.05) is 37.4 Å². The summed E-state index contributed by atoms with van der Waals surface area (Å²) in [5.41, 5.74) is 3.65. The molecule has 1 N–H and O–H groups in total. The molecule has 27 heavy (non-hydrogen) atoms. The van der Waals surface area contributed by atoms with E-state index in [1.54, 1.807) is 6.20 Å². The molecule has 0 bridgehead atoms. The Kier molecular flexibility index (Phi) is 5.39. The summed E-state index contributed by atoms with van der Waals surface area (Å²) in [4.78, 5) is 15.8. The van der Waals surface area contributed by atoms with Crippen molar-refractivity contribution in [2.45, 2.75) is 38.8 Å². The minimum atomic E-state index is 0.414. The van der Waals surface area contributed by atoms with Crippen LogP contribution in [0.5, 0.6) is 0 Å². The number of rotatable bonds is 5. The normalized spacial score (nSPS) is 17.6. The molecule has 4 rings (SSSR count). The van der Waals surface area contributed by atoms with Crippen LogP contribution in [-0.4, -0.2) is 26.4 Å². The molecule has 138 valence electrons. The summed E-state index contributed by atoms with van der Waals surface area (Å²) >= 11 is 0. The van der Waals surface area contributed by atoms with E-state index >= 15 is 0 Å². The first kappa shape index (κ1) is 17.6. The first-order valence-electron chi connectivity index (χ1n) is 9.57. The molecular formula is C22H25N5. The van der Waals surface area contributed by atoms with Gasteiger partial charge in [-0.05, 0) is 61.2 Å². The van der Waals surface area contributed by atoms with Crippen molar-refractivity contribution in [3.63, 3.8) is 0 Å². The van der Waals surface area contributed by atoms with Gasteiger partial charge in [0.15, 0.2) is 0 Å². The van der Waals surface area contributed by atoms with Crippen LogP contribution < -0.4 is 5.32 Å². The van der Waals surface area contributed by atoms with Crippen molar-refractivity contribution in [3.8, 4) is 0 Å². The highest BCUT2D eigenvalue weighted by molar-refractivity contribution is 5.55. The lowest BCUT2D eigenvalue weighted by atomic mass is 9.96. The summed E-state index contributed by atoms with van der Waals surface area (Å²) in [5.74, 6) is 1.68. The van der Waals surface area contributed by atoms with Crippen LogP contribution >= 0.6 is 0 Å². The highest BCUT2D eigenvalue weighted by Crippen LogP contribution is 2.32. The van der Waals surface area contributed by atoms with Crippen LogP contribution in [0.2, 0.25) is 0 Å². The molecule has 0 amide bonds. The molecule has 0 radical (unpaired) electrons. The molecule has 1 atom stereocenters. The molecule has 5 heteroatoms. The van der Waals surface area contributed by atoms with Crippen molar-refractivity contribution in [2.75, 3.05) is 11.9 Å². The molecule has 1 fully saturated rings. The number of likely N-dealkylation sites (tertiary alicyclic amines) is 1. The van der Waals surface area contributed by atoms with Crippen LogP contribution in [0.1, 0.15) is 42.0 Å². The third kappa shape index (κ3) is 4.31. The molecule has 0 spiro atoms. The number of aromatic nitrogens is 3. The zero-order chi connectivity index (χ0) is 18.5. The van der Waals surface area contributed by atoms with Crippen molar-refractivity contribution in [3.05, 3.63) is 77.9 Å². The molecule has 0 unspecified atom stereocenters. The molecule has 1 aliphatic heterocycles. The summed E-state index contributed by atoms with van der Waals surface area (Å²) in [6.07, 6.45) is 11.3. The zero-order valence-corrected chi connectivity index (χ0v) is 15.7. The third-order valence-corrected chi connectivity index (χ3v) is 5.15. The summed E-state index contributed by atoms with van der Waals surface area (Å²) in [6.45, 7) is 4.10. The Morgan fingerprint density at radius 3 is 2.74 bits per heavy atom. The maximum absolute atomic E-state index is 4.64. The average Bonchev–Trinajstić information content (AvgIpc) is 2.72. The van der Waals surface area contributed by atoms with Gasteiger partial charge in [0.25, 0.3) is 0 Å². The minimum Gasteiger partial charge on any atom is -0.325 e. The second-order valence-electron chi connectivity index (χ2n) is 7.11. The number of nitrogens with zero attached hydrogens (tertiary/aromatic N) is 4. The van der Waals surface area contributed by atoms with Gasteiger partial charge in [0.2, 0.25) is 0 Å². The SMILES string of the molecule is Cc1cccnc1Nc1ccc([C@H]2CCCCN2Cc2cccnc2)cn1. The van der Waals surface area contributed by atoms with Gasteiger partial charge < -0.3 is 5.32 Å². The van der Waals surface area contributed by atoms with Crippen LogP contribution in [-0.2, 0) is 6.54 Å². The Morgan fingerprint density at radius 1 is 1.04 bits per heavy atom. The lowest BCUT2D eigenvalue weighted by molar-refractivity contribution is 0.140. The van der Waals surface area contributed by atoms with Gasteiger partial charge in [-0.3, -0.25) is 9.88 Å². The van der Waals surface area contributed by atoms with E-state index in [1.807, 2.05) is 43.7 Å². The number of nitrogens with one attached hydrogen (secondary N) is 1. The molecular weight excluding hydrogens is 334 g/mol. The number of hydrogen-bond donors (Lipinski definition) is 1. The predicted octanol–water partition coefficient (Wildman–Crippen LogP) is 4.65. The van der Waals surface area contributed by atoms with Crippen molar-refractivity contribution >= 4 is 11.6 Å². The first-order valence-corrected chi connectivity index (χ1v) is 9.57. The van der Waals surface area contributed by atoms with E-state index in [0.29, 0.717) is 6.04 Å². The van der Waals surface area contributed by atoms with Gasteiger partial charge in [0.1, 0.15) is 11.6 Å². The van der Waals surface area contributed by atoms with E-state index in [1.165, 1.54) is 30.4 Å². The van der Waals surface area contributed by atoms with Crippen LogP contribution in [0.3, 0.4) is 0 Å². The predicted molar refractivity (Wildman–Crippen MR) is 108 cm³/mol. The van der Waals surface area contributed by atoms with Gasteiger partial charge in [-0.15, -0.1) is 0 Å². The molecule has 0 aliphatic carbocycles. The molecule has 0 saturated carbocycles. The van der Waals surface area contributed by atoms with E-state index in [4.69, 9.17) is 0 Å². The van der Waals surface area contributed by atoms with Crippen LogP contribution in [0.15, 0.2) is 61.2 Å². The van der Waals surface area contributed by atoms with Crippen LogP contribution in [0, 0.1) is 6.92 Å². The van der Waals surface area contributed by atoms with Gasteiger partial charge in [-0.25, -0.2) is 9.97 Å². The third-order valence-electron chi connectivity index (χ3n) is 5.15. The second kappa shape index (κ2) is 8.27. The first-order chi connectivity index (χ1) is 13.3. The molecule has 3 aromatic rings. The fraction of sp³-hybridized carbons (Fsp3) is 0.318. The summed E-state index contributed by atoms with van der Waals surface area (Å²) in [6, 6.07) is 12.8. The number of aryl methyl sites for hydroxylation is 1. The number of anilines is 2. The molecule has 1 saturated heterocycles. The average molecular weight is 359 g/mol. The Hall–Kier alpha value is -2.79. The van der Waals surface area contributed by atoms with Crippen molar-refractivity contribution < 1.29 is 0 Å². The molecule has 0 aromatic carbocycles. The maximum atomic E-state index is 4.64.